The molecule has 3 aromatic rings. The molecule has 7 nitrogen and oxygen atoms in total. The van der Waals surface area contributed by atoms with E-state index in [0.29, 0.717) is 38.2 Å². The van der Waals surface area contributed by atoms with Gasteiger partial charge in [-0.15, -0.1) is 0 Å². The second-order valence-electron chi connectivity index (χ2n) is 12.3. The summed E-state index contributed by atoms with van der Waals surface area (Å²) >= 11 is 0. The molecule has 0 radical (unpaired) electrons. The van der Waals surface area contributed by atoms with Crippen LogP contribution >= 0.6 is 0 Å². The van der Waals surface area contributed by atoms with Crippen molar-refractivity contribution in [3.8, 4) is 5.75 Å². The second-order valence-corrected chi connectivity index (χ2v) is 12.3. The summed E-state index contributed by atoms with van der Waals surface area (Å²) in [5.74, 6) is -0.811. The average Bonchev–Trinajstić information content (AvgIpc) is 3.07. The van der Waals surface area contributed by atoms with E-state index < -0.39 is 23.7 Å². The molecule has 4 rings (SSSR count). The fourth-order valence-electron chi connectivity index (χ4n) is 5.93. The van der Waals surface area contributed by atoms with Crippen molar-refractivity contribution < 1.29 is 37.7 Å². The van der Waals surface area contributed by atoms with Crippen molar-refractivity contribution in [2.45, 2.75) is 57.5 Å². The zero-order valence-electron chi connectivity index (χ0n) is 27.2. The molecular formula is C38H45F3N2O5. The van der Waals surface area contributed by atoms with Crippen LogP contribution in [-0.4, -0.2) is 66.4 Å². The van der Waals surface area contributed by atoms with Crippen LogP contribution in [0.1, 0.15) is 72.0 Å². The van der Waals surface area contributed by atoms with Crippen molar-refractivity contribution in [2.75, 3.05) is 44.2 Å². The van der Waals surface area contributed by atoms with Gasteiger partial charge in [-0.1, -0.05) is 55.0 Å². The smallest absolute Gasteiger partial charge is 0.416 e. The fourth-order valence-corrected chi connectivity index (χ4v) is 5.93. The van der Waals surface area contributed by atoms with Gasteiger partial charge >= 0.3 is 18.1 Å². The SMILES string of the molecule is O=C(O)CCCCC(C=Cc1ccccc1OCCCCCN1CCN(c2cccc(C(F)(F)F)c2)CC1)Cc1ccc(C(=O)O)cc1. The zero-order chi connectivity index (χ0) is 34.4. The number of benzene rings is 3. The van der Waals surface area contributed by atoms with Crippen molar-refractivity contribution >= 4 is 23.7 Å². The number of para-hydroxylation sites is 1. The molecule has 0 amide bonds. The van der Waals surface area contributed by atoms with Gasteiger partial charge in [0.15, 0.2) is 0 Å². The number of aliphatic carboxylic acids is 1. The Balaban J connectivity index is 1.21. The quantitative estimate of drug-likeness (QED) is 0.132. The molecule has 1 unspecified atom stereocenters. The van der Waals surface area contributed by atoms with Crippen molar-refractivity contribution in [3.63, 3.8) is 0 Å². The summed E-state index contributed by atoms with van der Waals surface area (Å²) in [6.07, 6.45) is 5.84. The molecule has 1 heterocycles. The van der Waals surface area contributed by atoms with Gasteiger partial charge in [0.2, 0.25) is 0 Å². The number of hydrogen-bond acceptors (Lipinski definition) is 5. The van der Waals surface area contributed by atoms with Gasteiger partial charge < -0.3 is 19.8 Å². The summed E-state index contributed by atoms with van der Waals surface area (Å²) in [5.41, 5.74) is 2.24. The molecule has 0 saturated carbocycles. The van der Waals surface area contributed by atoms with Crippen LogP contribution in [0.15, 0.2) is 78.9 Å². The number of hydrogen-bond donors (Lipinski definition) is 2. The van der Waals surface area contributed by atoms with Crippen molar-refractivity contribution in [3.05, 3.63) is 101 Å². The number of anilines is 1. The Morgan fingerprint density at radius 2 is 1.60 bits per heavy atom. The minimum Gasteiger partial charge on any atom is -0.493 e. The monoisotopic (exact) mass is 666 g/mol. The maximum Gasteiger partial charge on any atom is 0.416 e. The van der Waals surface area contributed by atoms with E-state index in [1.54, 1.807) is 18.2 Å². The third kappa shape index (κ3) is 12.0. The van der Waals surface area contributed by atoms with E-state index in [0.717, 1.165) is 74.7 Å². The zero-order valence-corrected chi connectivity index (χ0v) is 27.2. The molecule has 3 aromatic carbocycles. The first kappa shape index (κ1) is 36.5. The summed E-state index contributed by atoms with van der Waals surface area (Å²) in [6, 6.07) is 20.3. The lowest BCUT2D eigenvalue weighted by Gasteiger charge is -2.36. The Morgan fingerprint density at radius 3 is 2.31 bits per heavy atom. The van der Waals surface area contributed by atoms with Gasteiger partial charge in [0, 0.05) is 43.9 Å². The number of halogens is 3. The van der Waals surface area contributed by atoms with E-state index in [1.807, 2.05) is 41.3 Å². The van der Waals surface area contributed by atoms with Gasteiger partial charge in [-0.3, -0.25) is 9.69 Å². The minimum atomic E-state index is -4.34. The molecule has 0 aliphatic carbocycles. The lowest BCUT2D eigenvalue weighted by atomic mass is 9.92. The molecule has 1 atom stereocenters. The number of nitrogens with zero attached hydrogens (tertiary/aromatic N) is 2. The molecule has 1 saturated heterocycles. The number of alkyl halides is 3. The molecule has 0 spiro atoms. The largest absolute Gasteiger partial charge is 0.493 e. The maximum atomic E-state index is 13.1. The average molecular weight is 667 g/mol. The third-order valence-electron chi connectivity index (χ3n) is 8.67. The molecule has 1 aliphatic rings. The second kappa shape index (κ2) is 18.3. The number of rotatable bonds is 18. The van der Waals surface area contributed by atoms with Crippen LogP contribution in [-0.2, 0) is 17.4 Å². The molecule has 1 fully saturated rings. The van der Waals surface area contributed by atoms with E-state index in [9.17, 15) is 27.9 Å². The topological polar surface area (TPSA) is 90.3 Å². The van der Waals surface area contributed by atoms with Crippen LogP contribution in [0.2, 0.25) is 0 Å². The molecule has 0 bridgehead atoms. The predicted molar refractivity (Wildman–Crippen MR) is 182 cm³/mol. The lowest BCUT2D eigenvalue weighted by Crippen LogP contribution is -2.46. The van der Waals surface area contributed by atoms with E-state index in [2.05, 4.69) is 17.1 Å². The molecule has 10 heteroatoms. The molecule has 1 aliphatic heterocycles. The van der Waals surface area contributed by atoms with Gasteiger partial charge in [0.25, 0.3) is 0 Å². The molecule has 0 aromatic heterocycles. The Morgan fingerprint density at radius 1 is 0.854 bits per heavy atom. The molecular weight excluding hydrogens is 621 g/mol. The summed E-state index contributed by atoms with van der Waals surface area (Å²) < 4.78 is 45.5. The first-order valence-electron chi connectivity index (χ1n) is 16.7. The Hall–Kier alpha value is -4.31. The third-order valence-corrected chi connectivity index (χ3v) is 8.67. The van der Waals surface area contributed by atoms with Gasteiger partial charge in [-0.2, -0.15) is 13.2 Å². The van der Waals surface area contributed by atoms with Gasteiger partial charge in [0.05, 0.1) is 17.7 Å². The molecule has 2 N–H and O–H groups in total. The standard InChI is InChI=1S/C38H45F3N2O5/c39-38(40,41)33-11-8-12-34(28-33)43-24-22-42(23-25-43)21-6-1-7-26-48-35-13-4-3-10-31(35)18-15-29(9-2-5-14-36(44)45)27-30-16-19-32(20-17-30)37(46)47/h3-4,8,10-13,15-20,28-29H,1-2,5-7,9,14,21-27H2,(H,44,45)(H,46,47). The number of carboxylic acids is 2. The van der Waals surface area contributed by atoms with Gasteiger partial charge in [-0.05, 0) is 92.9 Å². The first-order valence-corrected chi connectivity index (χ1v) is 16.7. The van der Waals surface area contributed by atoms with Crippen LogP contribution in [0.3, 0.4) is 0 Å². The maximum absolute atomic E-state index is 13.1. The summed E-state index contributed by atoms with van der Waals surface area (Å²) in [4.78, 5) is 26.6. The number of carboxylic acid groups (broad SMARTS) is 2. The van der Waals surface area contributed by atoms with Crippen LogP contribution in [0.5, 0.6) is 5.75 Å². The number of unbranched alkanes of at least 4 members (excludes halogenated alkanes) is 3. The number of aromatic carboxylic acids is 1. The van der Waals surface area contributed by atoms with E-state index in [-0.39, 0.29) is 17.9 Å². The van der Waals surface area contributed by atoms with Gasteiger partial charge in [-0.25, -0.2) is 4.79 Å². The number of allylic oxidation sites excluding steroid dienone is 1. The highest BCUT2D eigenvalue weighted by atomic mass is 19.4. The fraction of sp³-hybridized carbons (Fsp3) is 0.421. The lowest BCUT2D eigenvalue weighted by molar-refractivity contribution is -0.138. The Bertz CT molecular complexity index is 1480. The first-order chi connectivity index (χ1) is 23.1. The normalized spacial score (nSPS) is 14.7. The van der Waals surface area contributed by atoms with Crippen LogP contribution in [0, 0.1) is 5.92 Å². The summed E-state index contributed by atoms with van der Waals surface area (Å²) in [7, 11) is 0. The number of ether oxygens (including phenoxy) is 1. The van der Waals surface area contributed by atoms with E-state index >= 15 is 0 Å². The summed E-state index contributed by atoms with van der Waals surface area (Å²) in [6.45, 7) is 4.58. The van der Waals surface area contributed by atoms with E-state index in [4.69, 9.17) is 9.84 Å². The number of carbonyl (C=O) groups is 2. The van der Waals surface area contributed by atoms with Crippen LogP contribution in [0.25, 0.3) is 6.08 Å². The highest BCUT2D eigenvalue weighted by molar-refractivity contribution is 5.87. The highest BCUT2D eigenvalue weighted by Crippen LogP contribution is 2.32. The van der Waals surface area contributed by atoms with Crippen molar-refractivity contribution in [2.24, 2.45) is 5.92 Å². The Kier molecular flexibility index (Phi) is 13.9. The minimum absolute atomic E-state index is 0.139. The van der Waals surface area contributed by atoms with Crippen LogP contribution < -0.4 is 9.64 Å². The predicted octanol–water partition coefficient (Wildman–Crippen LogP) is 8.29. The molecule has 258 valence electrons. The van der Waals surface area contributed by atoms with Crippen molar-refractivity contribution in [1.82, 2.24) is 4.90 Å². The van der Waals surface area contributed by atoms with Crippen LogP contribution in [0.4, 0.5) is 18.9 Å². The molecule has 48 heavy (non-hydrogen) atoms. The summed E-state index contributed by atoms with van der Waals surface area (Å²) in [5, 5.41) is 18.2. The van der Waals surface area contributed by atoms with E-state index in [1.165, 1.54) is 12.1 Å². The van der Waals surface area contributed by atoms with Gasteiger partial charge in [0.1, 0.15) is 5.75 Å². The highest BCUT2D eigenvalue weighted by Gasteiger charge is 2.31. The Labute approximate surface area is 280 Å². The number of piperazine rings is 1. The van der Waals surface area contributed by atoms with Crippen molar-refractivity contribution in [1.29, 1.82) is 0 Å².